The Kier molecular flexibility index (Phi) is 4.12. The summed E-state index contributed by atoms with van der Waals surface area (Å²) in [6.07, 6.45) is 2.26. The largest absolute Gasteiger partial charge is 0.339 e. The van der Waals surface area contributed by atoms with E-state index >= 15 is 0 Å². The van der Waals surface area contributed by atoms with Crippen molar-refractivity contribution in [3.05, 3.63) is 11.7 Å². The summed E-state index contributed by atoms with van der Waals surface area (Å²) in [6.45, 7) is 7.66. The van der Waals surface area contributed by atoms with Gasteiger partial charge < -0.3 is 14.7 Å². The molecule has 1 aliphatic rings. The van der Waals surface area contributed by atoms with Crippen LogP contribution >= 0.6 is 0 Å². The van der Waals surface area contributed by atoms with Crippen LogP contribution in [0.15, 0.2) is 4.52 Å². The van der Waals surface area contributed by atoms with E-state index in [9.17, 15) is 0 Å². The van der Waals surface area contributed by atoms with Crippen LogP contribution in [-0.4, -0.2) is 41.7 Å². The topological polar surface area (TPSA) is 54.2 Å². The molecule has 1 atom stereocenters. The van der Waals surface area contributed by atoms with E-state index in [1.807, 2.05) is 14.0 Å². The number of nitrogens with one attached hydrogen (secondary N) is 1. The van der Waals surface area contributed by atoms with Gasteiger partial charge >= 0.3 is 0 Å². The number of hydrogen-bond acceptors (Lipinski definition) is 5. The Morgan fingerprint density at radius 3 is 2.76 bits per heavy atom. The van der Waals surface area contributed by atoms with E-state index in [1.54, 1.807) is 0 Å². The van der Waals surface area contributed by atoms with Crippen molar-refractivity contribution < 1.29 is 4.52 Å². The van der Waals surface area contributed by atoms with Crippen molar-refractivity contribution in [2.24, 2.45) is 0 Å². The molecule has 1 aliphatic heterocycles. The standard InChI is InChI=1S/C12H22N4O/c1-4-16-7-5-10(6-8-16)12-14-11(15-17-12)9(2)13-3/h9-10,13H,4-8H2,1-3H3. The molecule has 1 N–H and O–H groups in total. The Hall–Kier alpha value is -0.940. The Balaban J connectivity index is 1.97. The van der Waals surface area contributed by atoms with E-state index in [0.717, 1.165) is 44.2 Å². The fraction of sp³-hybridized carbons (Fsp3) is 0.833. The summed E-state index contributed by atoms with van der Waals surface area (Å²) in [6, 6.07) is 0.156. The lowest BCUT2D eigenvalue weighted by atomic mass is 9.97. The van der Waals surface area contributed by atoms with Crippen molar-refractivity contribution in [3.8, 4) is 0 Å². The molecular formula is C12H22N4O. The molecule has 1 fully saturated rings. The predicted molar refractivity (Wildman–Crippen MR) is 65.9 cm³/mol. The highest BCUT2D eigenvalue weighted by Gasteiger charge is 2.25. The van der Waals surface area contributed by atoms with E-state index in [2.05, 4.69) is 27.3 Å². The summed E-state index contributed by atoms with van der Waals surface area (Å²) < 4.78 is 5.38. The van der Waals surface area contributed by atoms with Crippen LogP contribution in [0.3, 0.4) is 0 Å². The number of rotatable bonds is 4. The number of aromatic nitrogens is 2. The molecule has 0 aromatic carbocycles. The van der Waals surface area contributed by atoms with E-state index in [0.29, 0.717) is 5.92 Å². The lowest BCUT2D eigenvalue weighted by Gasteiger charge is -2.28. The van der Waals surface area contributed by atoms with Crippen molar-refractivity contribution in [1.82, 2.24) is 20.4 Å². The average molecular weight is 238 g/mol. The van der Waals surface area contributed by atoms with Crippen molar-refractivity contribution >= 4 is 0 Å². The molecule has 1 saturated heterocycles. The maximum atomic E-state index is 5.38. The third-order valence-corrected chi connectivity index (χ3v) is 3.66. The molecule has 5 nitrogen and oxygen atoms in total. The third-order valence-electron chi connectivity index (χ3n) is 3.66. The SMILES string of the molecule is CCN1CCC(c2nc(C(C)NC)no2)CC1. The minimum atomic E-state index is 0.156. The zero-order valence-electron chi connectivity index (χ0n) is 10.9. The summed E-state index contributed by atoms with van der Waals surface area (Å²) in [5, 5.41) is 7.16. The van der Waals surface area contributed by atoms with Crippen LogP contribution in [0.1, 0.15) is 50.4 Å². The maximum absolute atomic E-state index is 5.38. The number of likely N-dealkylation sites (tertiary alicyclic amines) is 1. The molecule has 2 heterocycles. The second-order valence-corrected chi connectivity index (χ2v) is 4.71. The molecule has 17 heavy (non-hydrogen) atoms. The van der Waals surface area contributed by atoms with Crippen LogP contribution in [0, 0.1) is 0 Å². The van der Waals surface area contributed by atoms with Gasteiger partial charge in [0.05, 0.1) is 6.04 Å². The number of hydrogen-bond donors (Lipinski definition) is 1. The summed E-state index contributed by atoms with van der Waals surface area (Å²) >= 11 is 0. The first-order valence-electron chi connectivity index (χ1n) is 6.47. The minimum absolute atomic E-state index is 0.156. The Morgan fingerprint density at radius 2 is 2.18 bits per heavy atom. The second-order valence-electron chi connectivity index (χ2n) is 4.71. The molecule has 0 amide bonds. The molecular weight excluding hydrogens is 216 g/mol. The van der Waals surface area contributed by atoms with Gasteiger partial charge in [0.15, 0.2) is 5.82 Å². The minimum Gasteiger partial charge on any atom is -0.339 e. The zero-order valence-corrected chi connectivity index (χ0v) is 10.9. The molecule has 2 rings (SSSR count). The molecule has 1 aromatic heterocycles. The van der Waals surface area contributed by atoms with Crippen molar-refractivity contribution in [2.45, 2.75) is 38.6 Å². The molecule has 0 spiro atoms. The van der Waals surface area contributed by atoms with Crippen LogP contribution < -0.4 is 5.32 Å². The summed E-state index contributed by atoms with van der Waals surface area (Å²) in [4.78, 5) is 6.96. The van der Waals surface area contributed by atoms with Crippen LogP contribution in [-0.2, 0) is 0 Å². The first-order chi connectivity index (χ1) is 8.24. The summed E-state index contributed by atoms with van der Waals surface area (Å²) in [7, 11) is 1.90. The second kappa shape index (κ2) is 5.60. The lowest BCUT2D eigenvalue weighted by Crippen LogP contribution is -2.32. The molecule has 0 saturated carbocycles. The highest BCUT2D eigenvalue weighted by Crippen LogP contribution is 2.27. The Morgan fingerprint density at radius 1 is 1.47 bits per heavy atom. The molecule has 1 aromatic rings. The van der Waals surface area contributed by atoms with Crippen molar-refractivity contribution in [3.63, 3.8) is 0 Å². The van der Waals surface area contributed by atoms with Crippen LogP contribution in [0.25, 0.3) is 0 Å². The maximum Gasteiger partial charge on any atom is 0.229 e. The summed E-state index contributed by atoms with van der Waals surface area (Å²) in [5.41, 5.74) is 0. The highest BCUT2D eigenvalue weighted by atomic mass is 16.5. The van der Waals surface area contributed by atoms with Gasteiger partial charge in [0.25, 0.3) is 0 Å². The smallest absolute Gasteiger partial charge is 0.229 e. The zero-order chi connectivity index (χ0) is 12.3. The van der Waals surface area contributed by atoms with Gasteiger partial charge in [-0.05, 0) is 46.4 Å². The van der Waals surface area contributed by atoms with Gasteiger partial charge in [-0.2, -0.15) is 4.98 Å². The van der Waals surface area contributed by atoms with Crippen molar-refractivity contribution in [2.75, 3.05) is 26.7 Å². The molecule has 1 unspecified atom stereocenters. The first-order valence-corrected chi connectivity index (χ1v) is 6.47. The van der Waals surface area contributed by atoms with Crippen LogP contribution in [0.5, 0.6) is 0 Å². The van der Waals surface area contributed by atoms with Gasteiger partial charge in [-0.15, -0.1) is 0 Å². The van der Waals surface area contributed by atoms with Crippen LogP contribution in [0.2, 0.25) is 0 Å². The van der Waals surface area contributed by atoms with Gasteiger partial charge in [-0.25, -0.2) is 0 Å². The monoisotopic (exact) mass is 238 g/mol. The van der Waals surface area contributed by atoms with Gasteiger partial charge in [0, 0.05) is 5.92 Å². The Labute approximate surface area is 103 Å². The first kappa shape index (κ1) is 12.5. The number of nitrogens with zero attached hydrogens (tertiary/aromatic N) is 3. The van der Waals surface area contributed by atoms with E-state index in [4.69, 9.17) is 4.52 Å². The third kappa shape index (κ3) is 2.84. The molecule has 96 valence electrons. The van der Waals surface area contributed by atoms with E-state index < -0.39 is 0 Å². The van der Waals surface area contributed by atoms with Gasteiger partial charge in [-0.1, -0.05) is 12.1 Å². The molecule has 0 bridgehead atoms. The van der Waals surface area contributed by atoms with E-state index in [-0.39, 0.29) is 6.04 Å². The summed E-state index contributed by atoms with van der Waals surface area (Å²) in [5.74, 6) is 2.03. The molecule has 0 aliphatic carbocycles. The fourth-order valence-electron chi connectivity index (χ4n) is 2.21. The normalized spacial score (nSPS) is 20.6. The molecule has 5 heteroatoms. The van der Waals surface area contributed by atoms with Gasteiger partial charge in [0.2, 0.25) is 5.89 Å². The molecule has 0 radical (unpaired) electrons. The van der Waals surface area contributed by atoms with Crippen molar-refractivity contribution in [1.29, 1.82) is 0 Å². The van der Waals surface area contributed by atoms with Crippen LogP contribution in [0.4, 0.5) is 0 Å². The highest BCUT2D eigenvalue weighted by molar-refractivity contribution is 4.99. The average Bonchev–Trinajstić information content (AvgIpc) is 2.87. The fourth-order valence-corrected chi connectivity index (χ4v) is 2.21. The quantitative estimate of drug-likeness (QED) is 0.862. The predicted octanol–water partition coefficient (Wildman–Crippen LogP) is 1.55. The lowest BCUT2D eigenvalue weighted by molar-refractivity contribution is 0.202. The number of piperidine rings is 1. The van der Waals surface area contributed by atoms with E-state index in [1.165, 1.54) is 0 Å². The Bertz CT molecular complexity index is 344. The van der Waals surface area contributed by atoms with Gasteiger partial charge in [-0.3, -0.25) is 0 Å². The van der Waals surface area contributed by atoms with Gasteiger partial charge in [0.1, 0.15) is 0 Å².